The second-order valence-corrected chi connectivity index (χ2v) is 6.77. The lowest BCUT2D eigenvalue weighted by Crippen LogP contribution is -2.35. The standard InChI is InChI=1S/C20H26N4O/c1-3-23(15-17-9-5-4-6-10-17)19(25)18-12-21-20(22-13-18)24-11-7-8-16(2)14-24/h4-6,9-10,12-13,16H,3,7-8,11,14-15H2,1-2H3. The molecule has 5 nitrogen and oxygen atoms in total. The summed E-state index contributed by atoms with van der Waals surface area (Å²) in [5.41, 5.74) is 1.67. The molecule has 2 aromatic rings. The molecule has 1 aliphatic heterocycles. The molecule has 132 valence electrons. The van der Waals surface area contributed by atoms with E-state index in [1.807, 2.05) is 42.2 Å². The van der Waals surface area contributed by atoms with E-state index in [-0.39, 0.29) is 5.91 Å². The Morgan fingerprint density at radius 1 is 1.24 bits per heavy atom. The van der Waals surface area contributed by atoms with Crippen molar-refractivity contribution in [1.82, 2.24) is 14.9 Å². The normalized spacial score (nSPS) is 17.4. The zero-order valence-corrected chi connectivity index (χ0v) is 15.1. The minimum Gasteiger partial charge on any atom is -0.341 e. The number of aromatic nitrogens is 2. The Morgan fingerprint density at radius 3 is 2.60 bits per heavy atom. The maximum atomic E-state index is 12.8. The molecular formula is C20H26N4O. The Morgan fingerprint density at radius 2 is 1.96 bits per heavy atom. The third-order valence-electron chi connectivity index (χ3n) is 4.71. The van der Waals surface area contributed by atoms with E-state index >= 15 is 0 Å². The highest BCUT2D eigenvalue weighted by Gasteiger charge is 2.20. The van der Waals surface area contributed by atoms with Gasteiger partial charge < -0.3 is 9.80 Å². The van der Waals surface area contributed by atoms with E-state index in [1.54, 1.807) is 12.4 Å². The van der Waals surface area contributed by atoms with Crippen LogP contribution in [0.4, 0.5) is 5.95 Å². The topological polar surface area (TPSA) is 49.3 Å². The average molecular weight is 338 g/mol. The number of nitrogens with zero attached hydrogens (tertiary/aromatic N) is 4. The first-order valence-corrected chi connectivity index (χ1v) is 9.07. The van der Waals surface area contributed by atoms with Crippen LogP contribution in [-0.4, -0.2) is 40.4 Å². The van der Waals surface area contributed by atoms with Gasteiger partial charge in [-0.15, -0.1) is 0 Å². The predicted octanol–water partition coefficient (Wildman–Crippen LogP) is 3.38. The molecule has 0 N–H and O–H groups in total. The molecule has 1 saturated heterocycles. The summed E-state index contributed by atoms with van der Waals surface area (Å²) < 4.78 is 0. The molecule has 1 fully saturated rings. The molecule has 3 rings (SSSR count). The highest BCUT2D eigenvalue weighted by atomic mass is 16.2. The molecular weight excluding hydrogens is 312 g/mol. The van der Waals surface area contributed by atoms with Crippen molar-refractivity contribution in [3.8, 4) is 0 Å². The lowest BCUT2D eigenvalue weighted by atomic mass is 10.0. The fraction of sp³-hybridized carbons (Fsp3) is 0.450. The third-order valence-corrected chi connectivity index (χ3v) is 4.71. The van der Waals surface area contributed by atoms with Crippen molar-refractivity contribution >= 4 is 11.9 Å². The number of carbonyl (C=O) groups excluding carboxylic acids is 1. The van der Waals surface area contributed by atoms with Gasteiger partial charge in [0.15, 0.2) is 0 Å². The zero-order chi connectivity index (χ0) is 17.6. The Bertz CT molecular complexity index is 687. The molecule has 1 aliphatic rings. The molecule has 0 spiro atoms. The summed E-state index contributed by atoms with van der Waals surface area (Å²) in [7, 11) is 0. The Labute approximate surface area is 149 Å². The van der Waals surface area contributed by atoms with Crippen LogP contribution >= 0.6 is 0 Å². The molecule has 1 amide bonds. The summed E-state index contributed by atoms with van der Waals surface area (Å²) in [5.74, 6) is 1.37. The molecule has 0 saturated carbocycles. The minimum absolute atomic E-state index is 0.0232. The average Bonchev–Trinajstić information content (AvgIpc) is 2.66. The molecule has 0 radical (unpaired) electrons. The van der Waals surface area contributed by atoms with E-state index in [2.05, 4.69) is 21.8 Å². The van der Waals surface area contributed by atoms with Crippen molar-refractivity contribution in [2.24, 2.45) is 5.92 Å². The van der Waals surface area contributed by atoms with Crippen molar-refractivity contribution in [1.29, 1.82) is 0 Å². The summed E-state index contributed by atoms with van der Waals surface area (Å²) in [6.07, 6.45) is 5.76. The molecule has 0 aliphatic carbocycles. The van der Waals surface area contributed by atoms with Crippen LogP contribution in [-0.2, 0) is 6.54 Å². The largest absolute Gasteiger partial charge is 0.341 e. The van der Waals surface area contributed by atoms with Crippen LogP contribution in [0.15, 0.2) is 42.7 Å². The number of carbonyl (C=O) groups is 1. The number of amides is 1. The van der Waals surface area contributed by atoms with Crippen molar-refractivity contribution in [2.45, 2.75) is 33.2 Å². The molecule has 1 aromatic heterocycles. The van der Waals surface area contributed by atoms with Gasteiger partial charge in [-0.25, -0.2) is 9.97 Å². The van der Waals surface area contributed by atoms with Crippen molar-refractivity contribution < 1.29 is 4.79 Å². The van der Waals surface area contributed by atoms with E-state index in [0.717, 1.165) is 24.6 Å². The first-order chi connectivity index (χ1) is 12.2. The van der Waals surface area contributed by atoms with Crippen LogP contribution in [0.25, 0.3) is 0 Å². The Kier molecular flexibility index (Phi) is 5.64. The summed E-state index contributed by atoms with van der Waals surface area (Å²) in [6.45, 7) is 7.48. The van der Waals surface area contributed by atoms with Gasteiger partial charge in [-0.1, -0.05) is 37.3 Å². The second-order valence-electron chi connectivity index (χ2n) is 6.77. The van der Waals surface area contributed by atoms with Gasteiger partial charge >= 0.3 is 0 Å². The lowest BCUT2D eigenvalue weighted by Gasteiger charge is -2.30. The highest BCUT2D eigenvalue weighted by molar-refractivity contribution is 5.93. The van der Waals surface area contributed by atoms with E-state index in [1.165, 1.54) is 12.8 Å². The van der Waals surface area contributed by atoms with Crippen LogP contribution < -0.4 is 4.90 Å². The summed E-state index contributed by atoms with van der Waals surface area (Å²) in [6, 6.07) is 10.0. The van der Waals surface area contributed by atoms with Crippen LogP contribution in [0.5, 0.6) is 0 Å². The van der Waals surface area contributed by atoms with Gasteiger partial charge in [0, 0.05) is 38.6 Å². The van der Waals surface area contributed by atoms with Crippen LogP contribution in [0.1, 0.15) is 42.6 Å². The van der Waals surface area contributed by atoms with E-state index in [4.69, 9.17) is 0 Å². The van der Waals surface area contributed by atoms with E-state index < -0.39 is 0 Å². The Hall–Kier alpha value is -2.43. The van der Waals surface area contributed by atoms with Crippen LogP contribution in [0.3, 0.4) is 0 Å². The lowest BCUT2D eigenvalue weighted by molar-refractivity contribution is 0.0751. The zero-order valence-electron chi connectivity index (χ0n) is 15.1. The first-order valence-electron chi connectivity index (χ1n) is 9.07. The van der Waals surface area contributed by atoms with Gasteiger partial charge in [0.1, 0.15) is 0 Å². The fourth-order valence-electron chi connectivity index (χ4n) is 3.28. The van der Waals surface area contributed by atoms with Gasteiger partial charge in [-0.2, -0.15) is 0 Å². The quantitative estimate of drug-likeness (QED) is 0.839. The number of piperidine rings is 1. The molecule has 1 atom stereocenters. The molecule has 1 aromatic carbocycles. The van der Waals surface area contributed by atoms with Gasteiger partial charge in [-0.3, -0.25) is 4.79 Å². The van der Waals surface area contributed by atoms with Crippen molar-refractivity contribution in [3.63, 3.8) is 0 Å². The number of anilines is 1. The number of rotatable bonds is 5. The number of benzene rings is 1. The Balaban J connectivity index is 1.68. The molecule has 1 unspecified atom stereocenters. The maximum absolute atomic E-state index is 12.8. The molecule has 0 bridgehead atoms. The van der Waals surface area contributed by atoms with E-state index in [0.29, 0.717) is 24.6 Å². The minimum atomic E-state index is -0.0232. The first kappa shape index (κ1) is 17.4. The summed E-state index contributed by atoms with van der Waals surface area (Å²) >= 11 is 0. The maximum Gasteiger partial charge on any atom is 0.257 e. The smallest absolute Gasteiger partial charge is 0.257 e. The number of hydrogen-bond donors (Lipinski definition) is 0. The molecule has 5 heteroatoms. The third kappa shape index (κ3) is 4.35. The summed E-state index contributed by atoms with van der Waals surface area (Å²) in [4.78, 5) is 25.7. The van der Waals surface area contributed by atoms with Gasteiger partial charge in [0.2, 0.25) is 5.95 Å². The number of hydrogen-bond acceptors (Lipinski definition) is 4. The van der Waals surface area contributed by atoms with Gasteiger partial charge in [0.25, 0.3) is 5.91 Å². The van der Waals surface area contributed by atoms with E-state index in [9.17, 15) is 4.79 Å². The van der Waals surface area contributed by atoms with Crippen molar-refractivity contribution in [2.75, 3.05) is 24.5 Å². The summed E-state index contributed by atoms with van der Waals surface area (Å²) in [5, 5.41) is 0. The van der Waals surface area contributed by atoms with Crippen molar-refractivity contribution in [3.05, 3.63) is 53.9 Å². The van der Waals surface area contributed by atoms with Gasteiger partial charge in [0.05, 0.1) is 5.56 Å². The predicted molar refractivity (Wildman–Crippen MR) is 99.5 cm³/mol. The van der Waals surface area contributed by atoms with Crippen LogP contribution in [0.2, 0.25) is 0 Å². The van der Waals surface area contributed by atoms with Crippen LogP contribution in [0, 0.1) is 5.92 Å². The SMILES string of the molecule is CCN(Cc1ccccc1)C(=O)c1cnc(N2CCCC(C)C2)nc1. The second kappa shape index (κ2) is 8.10. The molecule has 25 heavy (non-hydrogen) atoms. The molecule has 2 heterocycles. The van der Waals surface area contributed by atoms with Gasteiger partial charge in [-0.05, 0) is 31.2 Å². The highest BCUT2D eigenvalue weighted by Crippen LogP contribution is 2.19. The monoisotopic (exact) mass is 338 g/mol. The fourth-order valence-corrected chi connectivity index (χ4v) is 3.28.